The van der Waals surface area contributed by atoms with Crippen LogP contribution in [0.5, 0.6) is 5.75 Å². The van der Waals surface area contributed by atoms with Gasteiger partial charge in [0.2, 0.25) is 0 Å². The van der Waals surface area contributed by atoms with Gasteiger partial charge in [0.1, 0.15) is 11.6 Å². The van der Waals surface area contributed by atoms with Crippen LogP contribution in [0.3, 0.4) is 0 Å². The lowest BCUT2D eigenvalue weighted by Gasteiger charge is -2.28. The average molecular weight is 222 g/mol. The Kier molecular flexibility index (Phi) is 3.81. The molecular formula is C14H19FO. The molecule has 2 heteroatoms. The minimum atomic E-state index is -0.206. The molecule has 0 spiro atoms. The van der Waals surface area contributed by atoms with Crippen molar-refractivity contribution < 1.29 is 9.13 Å². The lowest BCUT2D eigenvalue weighted by Crippen LogP contribution is -2.25. The third-order valence-electron chi connectivity index (χ3n) is 3.43. The van der Waals surface area contributed by atoms with E-state index in [4.69, 9.17) is 4.74 Å². The topological polar surface area (TPSA) is 9.23 Å². The second-order valence-corrected chi connectivity index (χ2v) is 4.63. The van der Waals surface area contributed by atoms with Gasteiger partial charge >= 0.3 is 0 Å². The molecule has 16 heavy (non-hydrogen) atoms. The van der Waals surface area contributed by atoms with Gasteiger partial charge in [-0.1, -0.05) is 19.8 Å². The van der Waals surface area contributed by atoms with E-state index >= 15 is 0 Å². The molecule has 1 saturated carbocycles. The molecule has 0 heterocycles. The van der Waals surface area contributed by atoms with Crippen molar-refractivity contribution in [2.24, 2.45) is 5.92 Å². The van der Waals surface area contributed by atoms with Crippen LogP contribution < -0.4 is 4.74 Å². The smallest absolute Gasteiger partial charge is 0.123 e. The first kappa shape index (κ1) is 11.4. The molecule has 1 aromatic carbocycles. The molecule has 0 radical (unpaired) electrons. The summed E-state index contributed by atoms with van der Waals surface area (Å²) in [5.74, 6) is 1.39. The highest BCUT2D eigenvalue weighted by Crippen LogP contribution is 2.29. The van der Waals surface area contributed by atoms with E-state index in [1.165, 1.54) is 31.4 Å². The number of hydrogen-bond donors (Lipinski definition) is 0. The van der Waals surface area contributed by atoms with Crippen molar-refractivity contribution in [1.82, 2.24) is 0 Å². The summed E-state index contributed by atoms with van der Waals surface area (Å²) in [7, 11) is 0. The molecule has 1 aromatic rings. The van der Waals surface area contributed by atoms with Gasteiger partial charge in [0.15, 0.2) is 0 Å². The van der Waals surface area contributed by atoms with Crippen molar-refractivity contribution in [3.8, 4) is 5.75 Å². The molecule has 0 aromatic heterocycles. The second-order valence-electron chi connectivity index (χ2n) is 4.63. The zero-order chi connectivity index (χ0) is 11.4. The van der Waals surface area contributed by atoms with Crippen LogP contribution in [-0.2, 0) is 0 Å². The van der Waals surface area contributed by atoms with E-state index in [2.05, 4.69) is 6.92 Å². The van der Waals surface area contributed by atoms with Crippen molar-refractivity contribution in [1.29, 1.82) is 0 Å². The summed E-state index contributed by atoms with van der Waals surface area (Å²) in [4.78, 5) is 0. The summed E-state index contributed by atoms with van der Waals surface area (Å²) in [6.45, 7) is 2.24. The van der Waals surface area contributed by atoms with E-state index in [9.17, 15) is 4.39 Å². The number of halogens is 1. The van der Waals surface area contributed by atoms with Gasteiger partial charge in [-0.25, -0.2) is 4.39 Å². The molecule has 0 amide bonds. The normalized spacial score (nSPS) is 25.4. The third kappa shape index (κ3) is 2.97. The fourth-order valence-electron chi connectivity index (χ4n) is 2.43. The zero-order valence-electron chi connectivity index (χ0n) is 9.79. The summed E-state index contributed by atoms with van der Waals surface area (Å²) in [5, 5.41) is 0. The Bertz CT molecular complexity index is 320. The van der Waals surface area contributed by atoms with Crippen molar-refractivity contribution in [2.75, 3.05) is 0 Å². The van der Waals surface area contributed by atoms with Gasteiger partial charge in [0.25, 0.3) is 0 Å². The molecule has 88 valence electrons. The van der Waals surface area contributed by atoms with Crippen LogP contribution in [0.1, 0.15) is 39.0 Å². The van der Waals surface area contributed by atoms with E-state index < -0.39 is 0 Å². The van der Waals surface area contributed by atoms with Crippen LogP contribution in [0.4, 0.5) is 4.39 Å². The average Bonchev–Trinajstić information content (AvgIpc) is 2.32. The van der Waals surface area contributed by atoms with Gasteiger partial charge in [0.05, 0.1) is 6.10 Å². The van der Waals surface area contributed by atoms with Crippen LogP contribution in [-0.4, -0.2) is 6.10 Å². The first-order valence-corrected chi connectivity index (χ1v) is 6.20. The van der Waals surface area contributed by atoms with Crippen LogP contribution in [0.15, 0.2) is 24.3 Å². The number of ether oxygens (including phenoxy) is 1. The van der Waals surface area contributed by atoms with E-state index in [0.717, 1.165) is 24.5 Å². The van der Waals surface area contributed by atoms with E-state index in [1.54, 1.807) is 12.1 Å². The minimum absolute atomic E-state index is 0.206. The molecule has 1 fully saturated rings. The number of rotatable bonds is 3. The van der Waals surface area contributed by atoms with Crippen LogP contribution in [0.2, 0.25) is 0 Å². The maximum atomic E-state index is 12.7. The highest BCUT2D eigenvalue weighted by atomic mass is 19.1. The van der Waals surface area contributed by atoms with E-state index in [-0.39, 0.29) is 5.82 Å². The highest BCUT2D eigenvalue weighted by Gasteiger charge is 2.21. The molecule has 0 saturated heterocycles. The SMILES string of the molecule is CCC1CCCC(Oc2ccc(F)cc2)C1. The fraction of sp³-hybridized carbons (Fsp3) is 0.571. The molecule has 1 aliphatic carbocycles. The maximum absolute atomic E-state index is 12.7. The molecule has 2 unspecified atom stereocenters. The first-order chi connectivity index (χ1) is 7.78. The van der Waals surface area contributed by atoms with Crippen LogP contribution >= 0.6 is 0 Å². The fourth-order valence-corrected chi connectivity index (χ4v) is 2.43. The Morgan fingerprint density at radius 1 is 1.25 bits per heavy atom. The van der Waals surface area contributed by atoms with E-state index in [1.807, 2.05) is 0 Å². The third-order valence-corrected chi connectivity index (χ3v) is 3.43. The van der Waals surface area contributed by atoms with Crippen LogP contribution in [0, 0.1) is 11.7 Å². The number of hydrogen-bond acceptors (Lipinski definition) is 1. The van der Waals surface area contributed by atoms with Gasteiger partial charge in [-0.3, -0.25) is 0 Å². The monoisotopic (exact) mass is 222 g/mol. The largest absolute Gasteiger partial charge is 0.490 e. The second kappa shape index (κ2) is 5.33. The van der Waals surface area contributed by atoms with Gasteiger partial charge in [-0.15, -0.1) is 0 Å². The Morgan fingerprint density at radius 2 is 2.00 bits per heavy atom. The maximum Gasteiger partial charge on any atom is 0.123 e. The molecule has 0 aliphatic heterocycles. The predicted molar refractivity (Wildman–Crippen MR) is 63.1 cm³/mol. The van der Waals surface area contributed by atoms with Crippen LogP contribution in [0.25, 0.3) is 0 Å². The Balaban J connectivity index is 1.91. The lowest BCUT2D eigenvalue weighted by atomic mass is 9.85. The van der Waals surface area contributed by atoms with Crippen molar-refractivity contribution in [3.05, 3.63) is 30.1 Å². The summed E-state index contributed by atoms with van der Waals surface area (Å²) in [6, 6.07) is 6.33. The van der Waals surface area contributed by atoms with Crippen molar-refractivity contribution in [3.63, 3.8) is 0 Å². The highest BCUT2D eigenvalue weighted by molar-refractivity contribution is 5.22. The Labute approximate surface area is 96.6 Å². The van der Waals surface area contributed by atoms with Gasteiger partial charge in [-0.05, 0) is 49.4 Å². The zero-order valence-corrected chi connectivity index (χ0v) is 9.79. The lowest BCUT2D eigenvalue weighted by molar-refractivity contribution is 0.122. The van der Waals surface area contributed by atoms with Crippen molar-refractivity contribution in [2.45, 2.75) is 45.1 Å². The summed E-state index contributed by atoms with van der Waals surface area (Å²) < 4.78 is 18.6. The molecule has 0 N–H and O–H groups in total. The Morgan fingerprint density at radius 3 is 2.69 bits per heavy atom. The molecule has 2 atom stereocenters. The summed E-state index contributed by atoms with van der Waals surface area (Å²) >= 11 is 0. The first-order valence-electron chi connectivity index (χ1n) is 6.20. The standard InChI is InChI=1S/C14H19FO/c1-2-11-4-3-5-14(10-11)16-13-8-6-12(15)7-9-13/h6-9,11,14H,2-5,10H2,1H3. The Hall–Kier alpha value is -1.05. The van der Waals surface area contributed by atoms with Crippen molar-refractivity contribution >= 4 is 0 Å². The van der Waals surface area contributed by atoms with Gasteiger partial charge in [0, 0.05) is 0 Å². The minimum Gasteiger partial charge on any atom is -0.490 e. The predicted octanol–water partition coefficient (Wildman–Crippen LogP) is 4.17. The van der Waals surface area contributed by atoms with Gasteiger partial charge in [-0.2, -0.15) is 0 Å². The summed E-state index contributed by atoms with van der Waals surface area (Å²) in [5.41, 5.74) is 0. The van der Waals surface area contributed by atoms with E-state index in [0.29, 0.717) is 6.10 Å². The molecule has 1 nitrogen and oxygen atoms in total. The molecule has 0 bridgehead atoms. The molecular weight excluding hydrogens is 203 g/mol. The van der Waals surface area contributed by atoms with Gasteiger partial charge < -0.3 is 4.74 Å². The molecule has 1 aliphatic rings. The quantitative estimate of drug-likeness (QED) is 0.745. The molecule has 2 rings (SSSR count). The summed E-state index contributed by atoms with van der Waals surface area (Å²) in [6.07, 6.45) is 6.43. The number of benzene rings is 1.